The maximum Gasteiger partial charge on any atom is 0.141 e. The monoisotopic (exact) mass is 291 g/mol. The molecular formula is C14H14BrNO. The number of nitrogens with two attached hydrogens (primary N) is 1. The Morgan fingerprint density at radius 2 is 1.71 bits per heavy atom. The lowest BCUT2D eigenvalue weighted by Gasteiger charge is -2.13. The number of halogens is 1. The maximum absolute atomic E-state index is 5.92. The van der Waals surface area contributed by atoms with Gasteiger partial charge in [0, 0.05) is 5.69 Å². The van der Waals surface area contributed by atoms with Crippen LogP contribution in [0.25, 0.3) is 0 Å². The zero-order valence-electron chi connectivity index (χ0n) is 9.83. The molecule has 17 heavy (non-hydrogen) atoms. The molecule has 0 amide bonds. The molecule has 0 unspecified atom stereocenters. The Kier molecular flexibility index (Phi) is 3.38. The van der Waals surface area contributed by atoms with Crippen molar-refractivity contribution in [1.82, 2.24) is 0 Å². The predicted octanol–water partition coefficient (Wildman–Crippen LogP) is 4.44. The number of benzene rings is 2. The van der Waals surface area contributed by atoms with Crippen molar-refractivity contribution in [3.63, 3.8) is 0 Å². The van der Waals surface area contributed by atoms with E-state index in [4.69, 9.17) is 10.5 Å². The molecule has 0 aliphatic carbocycles. The summed E-state index contributed by atoms with van der Waals surface area (Å²) in [5.74, 6) is 1.68. The van der Waals surface area contributed by atoms with Crippen LogP contribution < -0.4 is 10.5 Å². The molecule has 0 bridgehead atoms. The SMILES string of the molecule is Cc1cccc(C)c1Oc1ccc(N)cc1Br. The summed E-state index contributed by atoms with van der Waals surface area (Å²) in [4.78, 5) is 0. The van der Waals surface area contributed by atoms with Gasteiger partial charge in [-0.1, -0.05) is 18.2 Å². The van der Waals surface area contributed by atoms with E-state index in [-0.39, 0.29) is 0 Å². The van der Waals surface area contributed by atoms with Gasteiger partial charge in [-0.2, -0.15) is 0 Å². The molecule has 0 saturated heterocycles. The molecule has 0 atom stereocenters. The third-order valence-corrected chi connectivity index (χ3v) is 3.20. The summed E-state index contributed by atoms with van der Waals surface area (Å²) in [7, 11) is 0. The fourth-order valence-electron chi connectivity index (χ4n) is 1.67. The Hall–Kier alpha value is -1.48. The number of anilines is 1. The first-order chi connectivity index (χ1) is 8.08. The topological polar surface area (TPSA) is 35.2 Å². The van der Waals surface area contributed by atoms with Crippen LogP contribution in [0, 0.1) is 13.8 Å². The van der Waals surface area contributed by atoms with Gasteiger partial charge in [0.15, 0.2) is 0 Å². The summed E-state index contributed by atoms with van der Waals surface area (Å²) in [6, 6.07) is 11.6. The van der Waals surface area contributed by atoms with Crippen LogP contribution in [0.5, 0.6) is 11.5 Å². The zero-order chi connectivity index (χ0) is 12.4. The second kappa shape index (κ2) is 4.80. The van der Waals surface area contributed by atoms with E-state index < -0.39 is 0 Å². The predicted molar refractivity (Wildman–Crippen MR) is 74.5 cm³/mol. The lowest BCUT2D eigenvalue weighted by molar-refractivity contribution is 0.472. The Morgan fingerprint density at radius 3 is 2.29 bits per heavy atom. The average Bonchev–Trinajstić information content (AvgIpc) is 2.26. The second-order valence-corrected chi connectivity index (χ2v) is 4.87. The summed E-state index contributed by atoms with van der Waals surface area (Å²) >= 11 is 3.45. The average molecular weight is 292 g/mol. The van der Waals surface area contributed by atoms with Gasteiger partial charge in [-0.25, -0.2) is 0 Å². The molecule has 0 fully saturated rings. The molecule has 0 aliphatic rings. The van der Waals surface area contributed by atoms with Crippen LogP contribution in [0.2, 0.25) is 0 Å². The second-order valence-electron chi connectivity index (χ2n) is 4.01. The van der Waals surface area contributed by atoms with Crippen molar-refractivity contribution in [3.8, 4) is 11.5 Å². The van der Waals surface area contributed by atoms with E-state index in [1.54, 1.807) is 0 Å². The molecule has 3 heteroatoms. The van der Waals surface area contributed by atoms with Crippen LogP contribution in [0.1, 0.15) is 11.1 Å². The summed E-state index contributed by atoms with van der Waals surface area (Å²) < 4.78 is 6.78. The summed E-state index contributed by atoms with van der Waals surface area (Å²) in [6.07, 6.45) is 0. The largest absolute Gasteiger partial charge is 0.456 e. The van der Waals surface area contributed by atoms with Crippen molar-refractivity contribution in [3.05, 3.63) is 52.0 Å². The van der Waals surface area contributed by atoms with Crippen LogP contribution in [0.3, 0.4) is 0 Å². The van der Waals surface area contributed by atoms with Gasteiger partial charge in [0.25, 0.3) is 0 Å². The van der Waals surface area contributed by atoms with Gasteiger partial charge >= 0.3 is 0 Å². The third-order valence-electron chi connectivity index (χ3n) is 2.58. The van der Waals surface area contributed by atoms with Crippen molar-refractivity contribution < 1.29 is 4.74 Å². The summed E-state index contributed by atoms with van der Waals surface area (Å²) in [5, 5.41) is 0. The minimum atomic E-state index is 0.714. The first-order valence-corrected chi connectivity index (χ1v) is 6.16. The molecule has 0 aliphatic heterocycles. The van der Waals surface area contributed by atoms with E-state index in [1.165, 1.54) is 0 Å². The number of para-hydroxylation sites is 1. The number of ether oxygens (including phenoxy) is 1. The molecule has 0 spiro atoms. The van der Waals surface area contributed by atoms with Crippen molar-refractivity contribution in [2.75, 3.05) is 5.73 Å². The fourth-order valence-corrected chi connectivity index (χ4v) is 2.15. The number of nitrogen functional groups attached to an aromatic ring is 1. The van der Waals surface area contributed by atoms with Crippen molar-refractivity contribution in [2.45, 2.75) is 13.8 Å². The van der Waals surface area contributed by atoms with Crippen LogP contribution in [0.4, 0.5) is 5.69 Å². The van der Waals surface area contributed by atoms with Gasteiger partial charge < -0.3 is 10.5 Å². The van der Waals surface area contributed by atoms with Gasteiger partial charge in [-0.15, -0.1) is 0 Å². The van der Waals surface area contributed by atoms with Gasteiger partial charge in [0.05, 0.1) is 4.47 Å². The Bertz CT molecular complexity index is 532. The molecule has 2 aromatic carbocycles. The highest BCUT2D eigenvalue weighted by atomic mass is 79.9. The van der Waals surface area contributed by atoms with Gasteiger partial charge in [-0.3, -0.25) is 0 Å². The number of hydrogen-bond donors (Lipinski definition) is 1. The quantitative estimate of drug-likeness (QED) is 0.830. The highest BCUT2D eigenvalue weighted by molar-refractivity contribution is 9.10. The molecule has 2 nitrogen and oxygen atoms in total. The minimum Gasteiger partial charge on any atom is -0.456 e. The maximum atomic E-state index is 5.92. The molecule has 2 aromatic rings. The van der Waals surface area contributed by atoms with E-state index in [0.29, 0.717) is 5.69 Å². The molecule has 0 radical (unpaired) electrons. The molecule has 2 N–H and O–H groups in total. The van der Waals surface area contributed by atoms with Crippen LogP contribution in [-0.2, 0) is 0 Å². The summed E-state index contributed by atoms with van der Waals surface area (Å²) in [5.41, 5.74) is 8.65. The molecule has 2 rings (SSSR count). The van der Waals surface area contributed by atoms with E-state index in [9.17, 15) is 0 Å². The van der Waals surface area contributed by atoms with E-state index in [1.807, 2.05) is 50.2 Å². The Balaban J connectivity index is 2.38. The van der Waals surface area contributed by atoms with Crippen LogP contribution in [0.15, 0.2) is 40.9 Å². The van der Waals surface area contributed by atoms with Crippen molar-refractivity contribution >= 4 is 21.6 Å². The minimum absolute atomic E-state index is 0.714. The van der Waals surface area contributed by atoms with E-state index in [2.05, 4.69) is 15.9 Å². The highest BCUT2D eigenvalue weighted by Crippen LogP contribution is 2.34. The highest BCUT2D eigenvalue weighted by Gasteiger charge is 2.07. The molecule has 0 heterocycles. The lowest BCUT2D eigenvalue weighted by Crippen LogP contribution is -1.92. The number of aryl methyl sites for hydroxylation is 2. The van der Waals surface area contributed by atoms with E-state index >= 15 is 0 Å². The molecular weight excluding hydrogens is 278 g/mol. The van der Waals surface area contributed by atoms with Crippen LogP contribution >= 0.6 is 15.9 Å². The van der Waals surface area contributed by atoms with Gasteiger partial charge in [-0.05, 0) is 59.1 Å². The summed E-state index contributed by atoms with van der Waals surface area (Å²) in [6.45, 7) is 4.07. The molecule has 88 valence electrons. The smallest absolute Gasteiger partial charge is 0.141 e. The fraction of sp³-hybridized carbons (Fsp3) is 0.143. The number of hydrogen-bond acceptors (Lipinski definition) is 2. The molecule has 0 aromatic heterocycles. The molecule has 0 saturated carbocycles. The van der Waals surface area contributed by atoms with Gasteiger partial charge in [0.2, 0.25) is 0 Å². The third kappa shape index (κ3) is 2.61. The zero-order valence-corrected chi connectivity index (χ0v) is 11.4. The first kappa shape index (κ1) is 12.0. The number of rotatable bonds is 2. The van der Waals surface area contributed by atoms with Gasteiger partial charge in [0.1, 0.15) is 11.5 Å². The Morgan fingerprint density at radius 1 is 1.06 bits per heavy atom. The van der Waals surface area contributed by atoms with E-state index in [0.717, 1.165) is 27.1 Å². The standard InChI is InChI=1S/C14H14BrNO/c1-9-4-3-5-10(2)14(9)17-13-7-6-11(16)8-12(13)15/h3-8H,16H2,1-2H3. The first-order valence-electron chi connectivity index (χ1n) is 5.37. The lowest BCUT2D eigenvalue weighted by atomic mass is 10.1. The normalized spacial score (nSPS) is 10.3. The van der Waals surface area contributed by atoms with Crippen LogP contribution in [-0.4, -0.2) is 0 Å². The van der Waals surface area contributed by atoms with Crippen molar-refractivity contribution in [1.29, 1.82) is 0 Å². The Labute approximate surface area is 110 Å². The van der Waals surface area contributed by atoms with Crippen molar-refractivity contribution in [2.24, 2.45) is 0 Å².